The van der Waals surface area contributed by atoms with E-state index in [4.69, 9.17) is 4.74 Å². The van der Waals surface area contributed by atoms with Crippen LogP contribution >= 0.6 is 0 Å². The Kier molecular flexibility index (Phi) is 3.12. The van der Waals surface area contributed by atoms with Crippen molar-refractivity contribution in [3.63, 3.8) is 0 Å². The highest BCUT2D eigenvalue weighted by atomic mass is 16.5. The molecule has 1 aromatic heterocycles. The van der Waals surface area contributed by atoms with Gasteiger partial charge in [-0.25, -0.2) is 4.98 Å². The van der Waals surface area contributed by atoms with Crippen molar-refractivity contribution in [2.75, 3.05) is 24.6 Å². The molecule has 2 rings (SSSR count). The van der Waals surface area contributed by atoms with Gasteiger partial charge in [0.15, 0.2) is 0 Å². The molecule has 1 aliphatic rings. The van der Waals surface area contributed by atoms with Crippen LogP contribution in [0.4, 0.5) is 5.82 Å². The second kappa shape index (κ2) is 4.39. The van der Waals surface area contributed by atoms with Gasteiger partial charge < -0.3 is 14.7 Å². The lowest BCUT2D eigenvalue weighted by molar-refractivity contribution is -0.0929. The summed E-state index contributed by atoms with van der Waals surface area (Å²) in [6.07, 6.45) is 1.55. The lowest BCUT2D eigenvalue weighted by Gasteiger charge is -2.39. The second-order valence-corrected chi connectivity index (χ2v) is 4.57. The molecule has 1 N–H and O–H groups in total. The fourth-order valence-corrected chi connectivity index (χ4v) is 1.77. The molecule has 16 heavy (non-hydrogen) atoms. The standard InChI is InChI=1S/C12H17N2O2/c1-12(2,15)10-9-14(7-8-16-10)11-5-3-4-6-13-11/h4-6,10,15H,7-9H2,1-2H3. The molecule has 0 spiro atoms. The molecular weight excluding hydrogens is 204 g/mol. The van der Waals surface area contributed by atoms with Crippen molar-refractivity contribution in [3.05, 3.63) is 24.4 Å². The van der Waals surface area contributed by atoms with Gasteiger partial charge in [-0.15, -0.1) is 0 Å². The third-order valence-electron chi connectivity index (χ3n) is 2.77. The van der Waals surface area contributed by atoms with E-state index in [-0.39, 0.29) is 6.10 Å². The molecule has 1 atom stereocenters. The van der Waals surface area contributed by atoms with Gasteiger partial charge >= 0.3 is 0 Å². The van der Waals surface area contributed by atoms with Gasteiger partial charge in [0.05, 0.1) is 12.2 Å². The lowest BCUT2D eigenvalue weighted by Crippen LogP contribution is -2.52. The zero-order valence-corrected chi connectivity index (χ0v) is 9.68. The van der Waals surface area contributed by atoms with Gasteiger partial charge in [-0.1, -0.05) is 0 Å². The van der Waals surface area contributed by atoms with Crippen LogP contribution in [0, 0.1) is 6.07 Å². The minimum absolute atomic E-state index is 0.178. The predicted octanol–water partition coefficient (Wildman–Crippen LogP) is 0.858. The van der Waals surface area contributed by atoms with Crippen LogP contribution in [0.25, 0.3) is 0 Å². The molecule has 2 heterocycles. The van der Waals surface area contributed by atoms with Crippen LogP contribution in [-0.2, 0) is 4.74 Å². The molecule has 0 amide bonds. The fraction of sp³-hybridized carbons (Fsp3) is 0.583. The van der Waals surface area contributed by atoms with Crippen molar-refractivity contribution >= 4 is 5.82 Å². The molecule has 1 saturated heterocycles. The summed E-state index contributed by atoms with van der Waals surface area (Å²) in [6.45, 7) is 5.62. The Hall–Kier alpha value is -1.13. The zero-order valence-electron chi connectivity index (χ0n) is 9.68. The summed E-state index contributed by atoms with van der Waals surface area (Å²) in [5.41, 5.74) is -0.822. The first kappa shape index (κ1) is 11.4. The highest BCUT2D eigenvalue weighted by molar-refractivity contribution is 5.38. The van der Waals surface area contributed by atoms with E-state index in [1.54, 1.807) is 26.1 Å². The number of nitrogens with zero attached hydrogens (tertiary/aromatic N) is 2. The average molecular weight is 221 g/mol. The maximum absolute atomic E-state index is 9.93. The van der Waals surface area contributed by atoms with Crippen LogP contribution in [0.2, 0.25) is 0 Å². The van der Waals surface area contributed by atoms with Crippen LogP contribution in [-0.4, -0.2) is 41.5 Å². The van der Waals surface area contributed by atoms with Gasteiger partial charge in [0.2, 0.25) is 0 Å². The monoisotopic (exact) mass is 221 g/mol. The predicted molar refractivity (Wildman–Crippen MR) is 61.3 cm³/mol. The quantitative estimate of drug-likeness (QED) is 0.804. The fourth-order valence-electron chi connectivity index (χ4n) is 1.77. The first-order chi connectivity index (χ1) is 7.57. The Morgan fingerprint density at radius 3 is 3.06 bits per heavy atom. The first-order valence-corrected chi connectivity index (χ1v) is 5.48. The molecule has 1 unspecified atom stereocenters. The number of hydrogen-bond acceptors (Lipinski definition) is 4. The third kappa shape index (κ3) is 2.51. The normalized spacial score (nSPS) is 22.2. The number of aliphatic hydroxyl groups is 1. The van der Waals surface area contributed by atoms with E-state index >= 15 is 0 Å². The van der Waals surface area contributed by atoms with Crippen LogP contribution in [0.1, 0.15) is 13.8 Å². The Balaban J connectivity index is 2.08. The number of rotatable bonds is 2. The molecule has 0 bridgehead atoms. The highest BCUT2D eigenvalue weighted by Crippen LogP contribution is 2.20. The molecule has 4 heteroatoms. The highest BCUT2D eigenvalue weighted by Gasteiger charge is 2.32. The Bertz CT molecular complexity index is 335. The minimum Gasteiger partial charge on any atom is -0.388 e. The number of morpholine rings is 1. The number of ether oxygens (including phenoxy) is 1. The number of aromatic nitrogens is 1. The molecule has 1 fully saturated rings. The molecule has 1 aliphatic heterocycles. The molecule has 0 aromatic carbocycles. The maximum atomic E-state index is 9.93. The van der Waals surface area contributed by atoms with Gasteiger partial charge in [-0.05, 0) is 32.0 Å². The topological polar surface area (TPSA) is 45.6 Å². The molecule has 1 aromatic rings. The summed E-state index contributed by atoms with van der Waals surface area (Å²) >= 11 is 0. The van der Waals surface area contributed by atoms with E-state index in [2.05, 4.69) is 16.0 Å². The second-order valence-electron chi connectivity index (χ2n) is 4.57. The van der Waals surface area contributed by atoms with Crippen LogP contribution in [0.3, 0.4) is 0 Å². The van der Waals surface area contributed by atoms with Crippen molar-refractivity contribution in [2.24, 2.45) is 0 Å². The average Bonchev–Trinajstić information content (AvgIpc) is 2.29. The smallest absolute Gasteiger partial charge is 0.129 e. The summed E-state index contributed by atoms with van der Waals surface area (Å²) in [4.78, 5) is 6.39. The van der Waals surface area contributed by atoms with Crippen LogP contribution < -0.4 is 4.90 Å². The van der Waals surface area contributed by atoms with E-state index in [9.17, 15) is 5.11 Å². The van der Waals surface area contributed by atoms with Gasteiger partial charge in [-0.3, -0.25) is 0 Å². The maximum Gasteiger partial charge on any atom is 0.129 e. The number of hydrogen-bond donors (Lipinski definition) is 1. The number of pyridine rings is 1. The van der Waals surface area contributed by atoms with Crippen LogP contribution in [0.15, 0.2) is 18.3 Å². The Morgan fingerprint density at radius 1 is 1.62 bits per heavy atom. The lowest BCUT2D eigenvalue weighted by atomic mass is 10.0. The SMILES string of the molecule is CC(C)(O)C1CN(c2c[c]ccn2)CCO1. The summed E-state index contributed by atoms with van der Waals surface area (Å²) in [5, 5.41) is 9.93. The number of anilines is 1. The molecule has 87 valence electrons. The minimum atomic E-state index is -0.822. The van der Waals surface area contributed by atoms with Crippen molar-refractivity contribution in [2.45, 2.75) is 25.6 Å². The van der Waals surface area contributed by atoms with Gasteiger partial charge in [0.1, 0.15) is 11.9 Å². The van der Waals surface area contributed by atoms with E-state index in [0.29, 0.717) is 13.2 Å². The van der Waals surface area contributed by atoms with E-state index in [1.165, 1.54) is 0 Å². The Labute approximate surface area is 95.9 Å². The van der Waals surface area contributed by atoms with Crippen LogP contribution in [0.5, 0.6) is 0 Å². The van der Waals surface area contributed by atoms with E-state index in [0.717, 1.165) is 12.4 Å². The summed E-state index contributed by atoms with van der Waals surface area (Å²) < 4.78 is 5.56. The molecule has 1 radical (unpaired) electrons. The molecule has 0 saturated carbocycles. The molecular formula is C12H17N2O2. The summed E-state index contributed by atoms with van der Waals surface area (Å²) in [6, 6.07) is 6.63. The van der Waals surface area contributed by atoms with Crippen molar-refractivity contribution in [1.29, 1.82) is 0 Å². The summed E-state index contributed by atoms with van der Waals surface area (Å²) in [5.74, 6) is 0.889. The van der Waals surface area contributed by atoms with Gasteiger partial charge in [0.25, 0.3) is 0 Å². The third-order valence-corrected chi connectivity index (χ3v) is 2.77. The molecule has 0 aliphatic carbocycles. The molecule has 4 nitrogen and oxygen atoms in total. The largest absolute Gasteiger partial charge is 0.388 e. The van der Waals surface area contributed by atoms with Gasteiger partial charge in [-0.2, -0.15) is 0 Å². The van der Waals surface area contributed by atoms with Gasteiger partial charge in [0, 0.05) is 19.3 Å². The van der Waals surface area contributed by atoms with Crippen molar-refractivity contribution in [1.82, 2.24) is 4.98 Å². The van der Waals surface area contributed by atoms with E-state index < -0.39 is 5.60 Å². The summed E-state index contributed by atoms with van der Waals surface area (Å²) in [7, 11) is 0. The van der Waals surface area contributed by atoms with Crippen molar-refractivity contribution in [3.8, 4) is 0 Å². The van der Waals surface area contributed by atoms with Crippen molar-refractivity contribution < 1.29 is 9.84 Å². The first-order valence-electron chi connectivity index (χ1n) is 5.48. The Morgan fingerprint density at radius 2 is 2.44 bits per heavy atom. The zero-order chi connectivity index (χ0) is 11.6. The van der Waals surface area contributed by atoms with E-state index in [1.807, 2.05) is 6.07 Å².